The molecule has 0 aliphatic heterocycles. The van der Waals surface area contributed by atoms with Gasteiger partial charge < -0.3 is 0 Å². The maximum Gasteiger partial charge on any atom is 0.123 e. The molecule has 2 aromatic carbocycles. The molecule has 0 radical (unpaired) electrons. The Bertz CT molecular complexity index is 552. The van der Waals surface area contributed by atoms with Crippen molar-refractivity contribution in [2.75, 3.05) is 0 Å². The molecule has 0 aromatic heterocycles. The van der Waals surface area contributed by atoms with E-state index in [1.165, 1.54) is 12.1 Å². The zero-order chi connectivity index (χ0) is 13.1. The molecule has 94 valence electrons. The highest BCUT2D eigenvalue weighted by Crippen LogP contribution is 2.29. The van der Waals surface area contributed by atoms with Gasteiger partial charge in [-0.2, -0.15) is 0 Å². The maximum atomic E-state index is 13.1. The highest BCUT2D eigenvalue weighted by molar-refractivity contribution is 6.30. The Labute approximate surface area is 116 Å². The van der Waals surface area contributed by atoms with Gasteiger partial charge in [0.05, 0.1) is 5.38 Å². The van der Waals surface area contributed by atoms with Crippen molar-refractivity contribution in [1.82, 2.24) is 0 Å². The predicted octanol–water partition coefficient (Wildman–Crippen LogP) is 5.31. The van der Waals surface area contributed by atoms with Gasteiger partial charge in [0.1, 0.15) is 5.82 Å². The Balaban J connectivity index is 2.21. The van der Waals surface area contributed by atoms with Crippen LogP contribution in [0.1, 0.15) is 22.1 Å². The molecule has 2 rings (SSSR count). The molecule has 0 bridgehead atoms. The van der Waals surface area contributed by atoms with Crippen LogP contribution in [0.5, 0.6) is 0 Å². The fraction of sp³-hybridized carbons (Fsp3) is 0.200. The van der Waals surface area contributed by atoms with Gasteiger partial charge in [0.2, 0.25) is 0 Å². The Morgan fingerprint density at radius 1 is 1.17 bits per heavy atom. The van der Waals surface area contributed by atoms with Crippen LogP contribution in [0.3, 0.4) is 0 Å². The Kier molecular flexibility index (Phi) is 4.26. The third kappa shape index (κ3) is 3.24. The second-order valence-corrected chi connectivity index (χ2v) is 5.27. The van der Waals surface area contributed by atoms with E-state index in [0.29, 0.717) is 11.4 Å². The average molecular weight is 283 g/mol. The normalized spacial score (nSPS) is 12.4. The smallest absolute Gasteiger partial charge is 0.123 e. The van der Waals surface area contributed by atoms with Gasteiger partial charge in [-0.1, -0.05) is 29.8 Å². The van der Waals surface area contributed by atoms with E-state index in [4.69, 9.17) is 23.2 Å². The van der Waals surface area contributed by atoms with Crippen molar-refractivity contribution in [1.29, 1.82) is 0 Å². The summed E-state index contributed by atoms with van der Waals surface area (Å²) in [7, 11) is 0. The Morgan fingerprint density at radius 3 is 2.67 bits per heavy atom. The second kappa shape index (κ2) is 5.73. The molecule has 0 amide bonds. The lowest BCUT2D eigenvalue weighted by atomic mass is 10.00. The largest absolute Gasteiger partial charge is 0.207 e. The van der Waals surface area contributed by atoms with Crippen LogP contribution in [0.2, 0.25) is 5.02 Å². The monoisotopic (exact) mass is 282 g/mol. The number of alkyl halides is 1. The maximum absolute atomic E-state index is 13.1. The molecule has 0 heterocycles. The van der Waals surface area contributed by atoms with Gasteiger partial charge >= 0.3 is 0 Å². The van der Waals surface area contributed by atoms with Crippen LogP contribution in [0.25, 0.3) is 0 Å². The molecule has 18 heavy (non-hydrogen) atoms. The minimum Gasteiger partial charge on any atom is -0.207 e. The van der Waals surface area contributed by atoms with Crippen LogP contribution < -0.4 is 0 Å². The van der Waals surface area contributed by atoms with Gasteiger partial charge in [-0.25, -0.2) is 4.39 Å². The van der Waals surface area contributed by atoms with Crippen LogP contribution >= 0.6 is 23.2 Å². The molecule has 0 fully saturated rings. The molecular weight excluding hydrogens is 270 g/mol. The Morgan fingerprint density at radius 2 is 1.94 bits per heavy atom. The van der Waals surface area contributed by atoms with Crippen LogP contribution in [0.4, 0.5) is 4.39 Å². The topological polar surface area (TPSA) is 0 Å². The predicted molar refractivity (Wildman–Crippen MR) is 74.9 cm³/mol. The highest BCUT2D eigenvalue weighted by Gasteiger charge is 2.12. The van der Waals surface area contributed by atoms with E-state index in [0.717, 1.165) is 16.7 Å². The third-order valence-electron chi connectivity index (χ3n) is 2.88. The highest BCUT2D eigenvalue weighted by atomic mass is 35.5. The molecule has 0 saturated carbocycles. The van der Waals surface area contributed by atoms with Gasteiger partial charge in [-0.15, -0.1) is 11.6 Å². The van der Waals surface area contributed by atoms with Crippen LogP contribution in [0.15, 0.2) is 42.5 Å². The molecule has 1 unspecified atom stereocenters. The second-order valence-electron chi connectivity index (χ2n) is 4.30. The first-order chi connectivity index (χ1) is 8.56. The van der Waals surface area contributed by atoms with Crippen molar-refractivity contribution < 1.29 is 4.39 Å². The molecule has 3 heteroatoms. The van der Waals surface area contributed by atoms with Gasteiger partial charge in [-0.05, 0) is 54.3 Å². The van der Waals surface area contributed by atoms with E-state index < -0.39 is 0 Å². The standard InChI is InChI=1S/C15H13Cl2F/c1-10-5-6-12(16)9-14(10)15(17)8-11-3-2-4-13(18)7-11/h2-7,9,15H,8H2,1H3. The molecule has 1 atom stereocenters. The summed E-state index contributed by atoms with van der Waals surface area (Å²) in [5, 5.41) is 0.464. The van der Waals surface area contributed by atoms with Crippen molar-refractivity contribution in [2.45, 2.75) is 18.7 Å². The van der Waals surface area contributed by atoms with Gasteiger partial charge in [0, 0.05) is 5.02 Å². The van der Waals surface area contributed by atoms with Crippen molar-refractivity contribution in [3.8, 4) is 0 Å². The van der Waals surface area contributed by atoms with Crippen LogP contribution in [-0.2, 0) is 6.42 Å². The molecule has 0 N–H and O–H groups in total. The van der Waals surface area contributed by atoms with Crippen molar-refractivity contribution >= 4 is 23.2 Å². The lowest BCUT2D eigenvalue weighted by molar-refractivity contribution is 0.625. The van der Waals surface area contributed by atoms with E-state index in [-0.39, 0.29) is 11.2 Å². The first kappa shape index (κ1) is 13.4. The first-order valence-electron chi connectivity index (χ1n) is 5.71. The Hall–Kier alpha value is -1.05. The molecule has 2 aromatic rings. The lowest BCUT2D eigenvalue weighted by Crippen LogP contribution is -1.99. The fourth-order valence-electron chi connectivity index (χ4n) is 1.93. The molecule has 0 aliphatic rings. The first-order valence-corrected chi connectivity index (χ1v) is 6.52. The SMILES string of the molecule is Cc1ccc(Cl)cc1C(Cl)Cc1cccc(F)c1. The zero-order valence-corrected chi connectivity index (χ0v) is 11.5. The summed E-state index contributed by atoms with van der Waals surface area (Å²) in [6.07, 6.45) is 0.584. The number of hydrogen-bond donors (Lipinski definition) is 0. The minimum atomic E-state index is -0.237. The summed E-state index contributed by atoms with van der Waals surface area (Å²) in [6.45, 7) is 1.99. The minimum absolute atomic E-state index is 0.203. The number of rotatable bonds is 3. The quantitative estimate of drug-likeness (QED) is 0.669. The number of hydrogen-bond acceptors (Lipinski definition) is 0. The summed E-state index contributed by atoms with van der Waals surface area (Å²) in [5.74, 6) is -0.237. The van der Waals surface area contributed by atoms with Gasteiger partial charge in [0.25, 0.3) is 0 Å². The molecule has 0 aliphatic carbocycles. The van der Waals surface area contributed by atoms with E-state index in [2.05, 4.69) is 0 Å². The molecule has 0 nitrogen and oxygen atoms in total. The lowest BCUT2D eigenvalue weighted by Gasteiger charge is -2.13. The summed E-state index contributed by atoms with van der Waals surface area (Å²) in [4.78, 5) is 0. The number of benzene rings is 2. The summed E-state index contributed by atoms with van der Waals surface area (Å²) >= 11 is 12.4. The molecule has 0 spiro atoms. The number of halogens is 3. The summed E-state index contributed by atoms with van der Waals surface area (Å²) in [6, 6.07) is 12.2. The third-order valence-corrected chi connectivity index (χ3v) is 3.51. The average Bonchev–Trinajstić information content (AvgIpc) is 2.32. The summed E-state index contributed by atoms with van der Waals surface area (Å²) < 4.78 is 13.1. The van der Waals surface area contributed by atoms with E-state index in [1.807, 2.05) is 31.2 Å². The zero-order valence-electron chi connectivity index (χ0n) is 9.96. The van der Waals surface area contributed by atoms with Gasteiger partial charge in [-0.3, -0.25) is 0 Å². The fourth-order valence-corrected chi connectivity index (χ4v) is 2.52. The van der Waals surface area contributed by atoms with E-state index in [9.17, 15) is 4.39 Å². The van der Waals surface area contributed by atoms with E-state index in [1.54, 1.807) is 6.07 Å². The van der Waals surface area contributed by atoms with Gasteiger partial charge in [0.15, 0.2) is 0 Å². The summed E-state index contributed by atoms with van der Waals surface area (Å²) in [5.41, 5.74) is 2.97. The van der Waals surface area contributed by atoms with E-state index >= 15 is 0 Å². The molecular formula is C15H13Cl2F. The van der Waals surface area contributed by atoms with Crippen LogP contribution in [-0.4, -0.2) is 0 Å². The van der Waals surface area contributed by atoms with Crippen LogP contribution in [0, 0.1) is 12.7 Å². The molecule has 0 saturated heterocycles. The van der Waals surface area contributed by atoms with Crippen molar-refractivity contribution in [3.05, 3.63) is 70.0 Å². The van der Waals surface area contributed by atoms with Crippen molar-refractivity contribution in [3.63, 3.8) is 0 Å². The van der Waals surface area contributed by atoms with Crippen molar-refractivity contribution in [2.24, 2.45) is 0 Å². The number of aryl methyl sites for hydroxylation is 1.